The van der Waals surface area contributed by atoms with Crippen LogP contribution in [-0.2, 0) is 4.79 Å². The van der Waals surface area contributed by atoms with Gasteiger partial charge in [-0.3, -0.25) is 4.39 Å². The highest BCUT2D eigenvalue weighted by molar-refractivity contribution is 9.10. The maximum absolute atomic E-state index is 13.6. The van der Waals surface area contributed by atoms with Crippen molar-refractivity contribution in [2.45, 2.75) is 12.5 Å². The fourth-order valence-corrected chi connectivity index (χ4v) is 2.01. The van der Waals surface area contributed by atoms with E-state index in [0.29, 0.717) is 11.3 Å². The number of ether oxygens (including phenoxy) is 1. The van der Waals surface area contributed by atoms with E-state index in [0.717, 1.165) is 6.07 Å². The zero-order valence-electron chi connectivity index (χ0n) is 10.6. The molecule has 2 aromatic rings. The van der Waals surface area contributed by atoms with Gasteiger partial charge in [0, 0.05) is 24.1 Å². The number of nitrogens with zero attached hydrogens (tertiary/aromatic N) is 1. The topological polar surface area (TPSA) is 72.6 Å². The Morgan fingerprint density at radius 3 is 2.86 bits per heavy atom. The van der Waals surface area contributed by atoms with Gasteiger partial charge in [-0.2, -0.15) is 0 Å². The third-order valence-electron chi connectivity index (χ3n) is 2.65. The molecule has 2 rings (SSSR count). The number of carboxylic acids is 1. The highest BCUT2D eigenvalue weighted by Gasteiger charge is 2.22. The molecule has 5 nitrogen and oxygen atoms in total. The molecule has 1 aromatic carbocycles. The summed E-state index contributed by atoms with van der Waals surface area (Å²) in [4.78, 5) is 11.0. The summed E-state index contributed by atoms with van der Waals surface area (Å²) in [6, 6.07) is 3.91. The number of alkyl halides is 1. The second kappa shape index (κ2) is 6.66. The van der Waals surface area contributed by atoms with E-state index < -0.39 is 24.6 Å². The van der Waals surface area contributed by atoms with Gasteiger partial charge >= 0.3 is 5.97 Å². The molecule has 0 bridgehead atoms. The van der Waals surface area contributed by atoms with E-state index in [9.17, 15) is 13.6 Å². The van der Waals surface area contributed by atoms with Crippen LogP contribution in [0.4, 0.5) is 8.78 Å². The molecular weight excluding hydrogens is 352 g/mol. The molecule has 0 amide bonds. The Morgan fingerprint density at radius 2 is 2.29 bits per heavy atom. The van der Waals surface area contributed by atoms with Gasteiger partial charge in [-0.1, -0.05) is 5.16 Å². The van der Waals surface area contributed by atoms with Crippen LogP contribution in [0.2, 0.25) is 0 Å². The lowest BCUT2D eigenvalue weighted by molar-refractivity contribution is -0.145. The molecule has 1 atom stereocenters. The Balaban J connectivity index is 2.42. The van der Waals surface area contributed by atoms with Gasteiger partial charge in [0.2, 0.25) is 0 Å². The maximum Gasteiger partial charge on any atom is 0.344 e. The molecule has 0 aliphatic carbocycles. The molecule has 21 heavy (non-hydrogen) atoms. The predicted octanol–water partition coefficient (Wildman–Crippen LogP) is 3.43. The first-order valence-electron chi connectivity index (χ1n) is 5.88. The number of carbonyl (C=O) groups is 1. The van der Waals surface area contributed by atoms with Crippen molar-refractivity contribution in [2.24, 2.45) is 0 Å². The van der Waals surface area contributed by atoms with Crippen molar-refractivity contribution in [3.63, 3.8) is 0 Å². The summed E-state index contributed by atoms with van der Waals surface area (Å²) >= 11 is 3.03. The van der Waals surface area contributed by atoms with Gasteiger partial charge in [0.15, 0.2) is 6.10 Å². The molecule has 1 N–H and O–H groups in total. The molecule has 112 valence electrons. The molecule has 0 spiro atoms. The van der Waals surface area contributed by atoms with Crippen molar-refractivity contribution in [3.8, 4) is 17.0 Å². The standard InChI is InChI=1S/C13H10BrF2NO4/c14-8-5-7(10-2-4-20-17-10)12(6-9(8)16)21-11(1-3-15)13(18)19/h2,4-6,11H,1,3H2,(H,18,19). The molecule has 0 aliphatic heterocycles. The lowest BCUT2D eigenvalue weighted by Gasteiger charge is -2.16. The van der Waals surface area contributed by atoms with Crippen LogP contribution in [0.25, 0.3) is 11.3 Å². The predicted molar refractivity (Wildman–Crippen MR) is 72.2 cm³/mol. The highest BCUT2D eigenvalue weighted by atomic mass is 79.9. The Morgan fingerprint density at radius 1 is 1.52 bits per heavy atom. The zero-order valence-corrected chi connectivity index (χ0v) is 12.1. The zero-order chi connectivity index (χ0) is 15.4. The second-order valence-corrected chi connectivity index (χ2v) is 4.92. The average Bonchev–Trinajstić information content (AvgIpc) is 2.95. The summed E-state index contributed by atoms with van der Waals surface area (Å²) in [5.74, 6) is -2.02. The van der Waals surface area contributed by atoms with Gasteiger partial charge in [0.25, 0.3) is 0 Å². The number of rotatable bonds is 6. The number of benzene rings is 1. The normalized spacial score (nSPS) is 12.1. The Kier molecular flexibility index (Phi) is 4.89. The van der Waals surface area contributed by atoms with Crippen molar-refractivity contribution in [2.75, 3.05) is 6.67 Å². The third-order valence-corrected chi connectivity index (χ3v) is 3.26. The minimum atomic E-state index is -1.42. The Bertz CT molecular complexity index is 633. The van der Waals surface area contributed by atoms with E-state index in [1.807, 2.05) is 0 Å². The molecule has 0 saturated heterocycles. The molecule has 0 aliphatic rings. The van der Waals surface area contributed by atoms with Crippen LogP contribution in [0, 0.1) is 5.82 Å². The minimum absolute atomic E-state index is 0.0505. The van der Waals surface area contributed by atoms with Crippen LogP contribution in [-0.4, -0.2) is 29.0 Å². The largest absolute Gasteiger partial charge is 0.479 e. The monoisotopic (exact) mass is 361 g/mol. The van der Waals surface area contributed by atoms with Gasteiger partial charge < -0.3 is 14.4 Å². The van der Waals surface area contributed by atoms with Crippen molar-refractivity contribution < 1.29 is 27.9 Å². The van der Waals surface area contributed by atoms with Gasteiger partial charge in [0.1, 0.15) is 23.5 Å². The van der Waals surface area contributed by atoms with E-state index in [4.69, 9.17) is 14.4 Å². The fraction of sp³-hybridized carbons (Fsp3) is 0.231. The van der Waals surface area contributed by atoms with Crippen molar-refractivity contribution in [1.29, 1.82) is 0 Å². The summed E-state index contributed by atoms with van der Waals surface area (Å²) in [6.07, 6.45) is -0.445. The van der Waals surface area contributed by atoms with Gasteiger partial charge in [-0.15, -0.1) is 0 Å². The second-order valence-electron chi connectivity index (χ2n) is 4.07. The van der Waals surface area contributed by atoms with Crippen LogP contribution in [0.1, 0.15) is 6.42 Å². The molecular formula is C13H10BrF2NO4. The number of hydrogen-bond donors (Lipinski definition) is 1. The molecule has 1 heterocycles. The number of aliphatic carboxylic acids is 1. The van der Waals surface area contributed by atoms with Crippen molar-refractivity contribution in [1.82, 2.24) is 5.16 Å². The van der Waals surface area contributed by atoms with Gasteiger partial charge in [-0.25, -0.2) is 9.18 Å². The fourth-order valence-electron chi connectivity index (χ4n) is 1.66. The first-order valence-corrected chi connectivity index (χ1v) is 6.67. The van der Waals surface area contributed by atoms with Crippen LogP contribution in [0.15, 0.2) is 33.5 Å². The van der Waals surface area contributed by atoms with E-state index in [-0.39, 0.29) is 16.6 Å². The smallest absolute Gasteiger partial charge is 0.344 e. The van der Waals surface area contributed by atoms with Gasteiger partial charge in [0.05, 0.1) is 11.1 Å². The van der Waals surface area contributed by atoms with E-state index >= 15 is 0 Å². The van der Waals surface area contributed by atoms with E-state index in [2.05, 4.69) is 21.1 Å². The summed E-state index contributed by atoms with van der Waals surface area (Å²) in [5, 5.41) is 12.7. The van der Waals surface area contributed by atoms with E-state index in [1.54, 1.807) is 0 Å². The quantitative estimate of drug-likeness (QED) is 0.853. The SMILES string of the molecule is O=C(O)C(CCF)Oc1cc(F)c(Br)cc1-c1ccon1. The van der Waals surface area contributed by atoms with Crippen LogP contribution in [0.3, 0.4) is 0 Å². The summed E-state index contributed by atoms with van der Waals surface area (Å²) in [7, 11) is 0. The number of halogens is 3. The third kappa shape index (κ3) is 3.57. The van der Waals surface area contributed by atoms with Crippen molar-refractivity contribution in [3.05, 3.63) is 34.8 Å². The van der Waals surface area contributed by atoms with Crippen molar-refractivity contribution >= 4 is 21.9 Å². The molecule has 0 fully saturated rings. The van der Waals surface area contributed by atoms with Crippen LogP contribution < -0.4 is 4.74 Å². The van der Waals surface area contributed by atoms with Gasteiger partial charge in [-0.05, 0) is 22.0 Å². The average molecular weight is 362 g/mol. The summed E-state index contributed by atoms with van der Waals surface area (Å²) < 4.78 is 36.1. The molecule has 1 unspecified atom stereocenters. The maximum atomic E-state index is 13.6. The lowest BCUT2D eigenvalue weighted by atomic mass is 10.1. The summed E-state index contributed by atoms with van der Waals surface area (Å²) in [5.41, 5.74) is 0.678. The van der Waals surface area contributed by atoms with E-state index in [1.165, 1.54) is 18.4 Å². The first-order chi connectivity index (χ1) is 10.0. The number of hydrogen-bond acceptors (Lipinski definition) is 4. The highest BCUT2D eigenvalue weighted by Crippen LogP contribution is 2.34. The van der Waals surface area contributed by atoms with Crippen LogP contribution >= 0.6 is 15.9 Å². The number of carboxylic acid groups (broad SMARTS) is 1. The molecule has 8 heteroatoms. The Hall–Kier alpha value is -1.96. The molecule has 0 radical (unpaired) electrons. The number of aromatic nitrogens is 1. The minimum Gasteiger partial charge on any atom is -0.479 e. The summed E-state index contributed by atoms with van der Waals surface area (Å²) in [6.45, 7) is -0.866. The molecule has 0 saturated carbocycles. The lowest BCUT2D eigenvalue weighted by Crippen LogP contribution is -2.27. The first kappa shape index (κ1) is 15.4. The van der Waals surface area contributed by atoms with Crippen LogP contribution in [0.5, 0.6) is 5.75 Å². The Labute approximate surface area is 126 Å². The molecule has 1 aromatic heterocycles.